The molecule has 88 valence electrons. The van der Waals surface area contributed by atoms with E-state index in [9.17, 15) is 5.11 Å². The molecule has 0 amide bonds. The lowest BCUT2D eigenvalue weighted by Gasteiger charge is -2.23. The Hall–Kier alpha value is -0.440. The van der Waals surface area contributed by atoms with Gasteiger partial charge in [0.1, 0.15) is 0 Å². The zero-order valence-electron chi connectivity index (χ0n) is 8.97. The van der Waals surface area contributed by atoms with Crippen molar-refractivity contribution in [1.29, 1.82) is 0 Å². The number of nitrogens with one attached hydrogen (secondary N) is 1. The Kier molecular flexibility index (Phi) is 3.63. The standard InChI is InChI=1S/C12H15Cl2NO/c13-10-4-3-9(7-11(10)14)15-8-12(16)5-1-2-6-12/h3-4,7,15-16H,1-2,5-6,8H2. The number of aliphatic hydroxyl groups is 1. The van der Waals surface area contributed by atoms with Gasteiger partial charge in [-0.05, 0) is 31.0 Å². The van der Waals surface area contributed by atoms with Crippen LogP contribution in [-0.2, 0) is 0 Å². The maximum Gasteiger partial charge on any atom is 0.0819 e. The lowest BCUT2D eigenvalue weighted by atomic mass is 10.0. The van der Waals surface area contributed by atoms with E-state index in [1.54, 1.807) is 12.1 Å². The summed E-state index contributed by atoms with van der Waals surface area (Å²) in [5, 5.41) is 14.4. The summed E-state index contributed by atoms with van der Waals surface area (Å²) in [6.45, 7) is 0.574. The first kappa shape index (κ1) is 12.0. The van der Waals surface area contributed by atoms with Gasteiger partial charge < -0.3 is 10.4 Å². The van der Waals surface area contributed by atoms with Crippen LogP contribution in [0.25, 0.3) is 0 Å². The minimum atomic E-state index is -0.549. The molecule has 1 fully saturated rings. The van der Waals surface area contributed by atoms with Crippen LogP contribution in [-0.4, -0.2) is 17.3 Å². The second-order valence-electron chi connectivity index (χ2n) is 4.41. The molecule has 0 atom stereocenters. The molecule has 1 aromatic rings. The Balaban J connectivity index is 1.96. The molecule has 0 bridgehead atoms. The number of benzene rings is 1. The first-order valence-electron chi connectivity index (χ1n) is 5.50. The minimum absolute atomic E-state index is 0.532. The van der Waals surface area contributed by atoms with E-state index in [1.807, 2.05) is 6.07 Å². The quantitative estimate of drug-likeness (QED) is 0.868. The molecule has 4 heteroatoms. The lowest BCUT2D eigenvalue weighted by molar-refractivity contribution is 0.0615. The fraction of sp³-hybridized carbons (Fsp3) is 0.500. The van der Waals surface area contributed by atoms with E-state index in [1.165, 1.54) is 0 Å². The highest BCUT2D eigenvalue weighted by Crippen LogP contribution is 2.30. The van der Waals surface area contributed by atoms with Crippen LogP contribution in [0.5, 0.6) is 0 Å². The summed E-state index contributed by atoms with van der Waals surface area (Å²) >= 11 is 11.7. The van der Waals surface area contributed by atoms with Crippen molar-refractivity contribution in [2.45, 2.75) is 31.3 Å². The van der Waals surface area contributed by atoms with Crippen molar-refractivity contribution < 1.29 is 5.11 Å². The molecule has 1 aromatic carbocycles. The highest BCUT2D eigenvalue weighted by atomic mass is 35.5. The molecule has 1 saturated carbocycles. The van der Waals surface area contributed by atoms with Crippen molar-refractivity contribution in [2.24, 2.45) is 0 Å². The highest BCUT2D eigenvalue weighted by Gasteiger charge is 2.30. The molecule has 0 aromatic heterocycles. The number of hydrogen-bond donors (Lipinski definition) is 2. The second kappa shape index (κ2) is 4.82. The van der Waals surface area contributed by atoms with E-state index in [4.69, 9.17) is 23.2 Å². The molecule has 0 spiro atoms. The predicted molar refractivity (Wildman–Crippen MR) is 68.4 cm³/mol. The van der Waals surface area contributed by atoms with Crippen LogP contribution in [0.2, 0.25) is 10.0 Å². The van der Waals surface area contributed by atoms with Crippen molar-refractivity contribution in [3.05, 3.63) is 28.2 Å². The van der Waals surface area contributed by atoms with E-state index in [2.05, 4.69) is 5.32 Å². The molecule has 0 unspecified atom stereocenters. The van der Waals surface area contributed by atoms with E-state index >= 15 is 0 Å². The monoisotopic (exact) mass is 259 g/mol. The number of halogens is 2. The maximum atomic E-state index is 10.2. The summed E-state index contributed by atoms with van der Waals surface area (Å²) in [5.41, 5.74) is 0.348. The molecular weight excluding hydrogens is 245 g/mol. The lowest BCUT2D eigenvalue weighted by Crippen LogP contribution is -2.33. The highest BCUT2D eigenvalue weighted by molar-refractivity contribution is 6.42. The van der Waals surface area contributed by atoms with Crippen molar-refractivity contribution in [3.63, 3.8) is 0 Å². The Bertz CT molecular complexity index is 375. The molecule has 0 saturated heterocycles. The minimum Gasteiger partial charge on any atom is -0.388 e. The summed E-state index contributed by atoms with van der Waals surface area (Å²) < 4.78 is 0. The molecule has 0 aliphatic heterocycles. The van der Waals surface area contributed by atoms with Gasteiger partial charge in [-0.25, -0.2) is 0 Å². The van der Waals surface area contributed by atoms with Crippen LogP contribution in [0.3, 0.4) is 0 Å². The molecule has 2 N–H and O–H groups in total. The first-order chi connectivity index (χ1) is 7.59. The third-order valence-electron chi connectivity index (χ3n) is 3.08. The first-order valence-corrected chi connectivity index (χ1v) is 6.26. The van der Waals surface area contributed by atoms with Crippen molar-refractivity contribution >= 4 is 28.9 Å². The predicted octanol–water partition coefficient (Wildman–Crippen LogP) is 3.71. The number of rotatable bonds is 3. The van der Waals surface area contributed by atoms with Crippen molar-refractivity contribution in [3.8, 4) is 0 Å². The van der Waals surface area contributed by atoms with E-state index in [-0.39, 0.29) is 0 Å². The van der Waals surface area contributed by atoms with Crippen LogP contribution < -0.4 is 5.32 Å². The molecule has 1 aliphatic carbocycles. The van der Waals surface area contributed by atoms with E-state index in [0.717, 1.165) is 31.4 Å². The Morgan fingerprint density at radius 1 is 1.19 bits per heavy atom. The van der Waals surface area contributed by atoms with Gasteiger partial charge >= 0.3 is 0 Å². The SMILES string of the molecule is OC1(CNc2ccc(Cl)c(Cl)c2)CCCC1. The van der Waals surface area contributed by atoms with E-state index in [0.29, 0.717) is 16.6 Å². The van der Waals surface area contributed by atoms with Gasteiger partial charge in [-0.1, -0.05) is 36.0 Å². The van der Waals surface area contributed by atoms with Gasteiger partial charge in [0.25, 0.3) is 0 Å². The second-order valence-corrected chi connectivity index (χ2v) is 5.23. The molecule has 0 radical (unpaired) electrons. The van der Waals surface area contributed by atoms with Gasteiger partial charge in [0, 0.05) is 12.2 Å². The third-order valence-corrected chi connectivity index (χ3v) is 3.81. The molecule has 16 heavy (non-hydrogen) atoms. The van der Waals surface area contributed by atoms with Crippen LogP contribution in [0, 0.1) is 0 Å². The Morgan fingerprint density at radius 3 is 2.50 bits per heavy atom. The summed E-state index contributed by atoms with van der Waals surface area (Å²) in [7, 11) is 0. The van der Waals surface area contributed by atoms with Crippen molar-refractivity contribution in [1.82, 2.24) is 0 Å². The van der Waals surface area contributed by atoms with Gasteiger partial charge in [-0.15, -0.1) is 0 Å². The smallest absolute Gasteiger partial charge is 0.0819 e. The van der Waals surface area contributed by atoms with Crippen LogP contribution >= 0.6 is 23.2 Å². The van der Waals surface area contributed by atoms with Gasteiger partial charge in [-0.2, -0.15) is 0 Å². The third kappa shape index (κ3) is 2.82. The fourth-order valence-corrected chi connectivity index (χ4v) is 2.38. The molecule has 0 heterocycles. The Morgan fingerprint density at radius 2 is 1.88 bits per heavy atom. The van der Waals surface area contributed by atoms with E-state index < -0.39 is 5.60 Å². The molecule has 2 nitrogen and oxygen atoms in total. The van der Waals surface area contributed by atoms with Gasteiger partial charge in [0.05, 0.1) is 15.6 Å². The fourth-order valence-electron chi connectivity index (χ4n) is 2.08. The summed E-state index contributed by atoms with van der Waals surface area (Å²) in [4.78, 5) is 0. The molecule has 2 rings (SSSR count). The maximum absolute atomic E-state index is 10.2. The zero-order valence-corrected chi connectivity index (χ0v) is 10.5. The largest absolute Gasteiger partial charge is 0.388 e. The molecule has 1 aliphatic rings. The molecular formula is C12H15Cl2NO. The topological polar surface area (TPSA) is 32.3 Å². The number of hydrogen-bond acceptors (Lipinski definition) is 2. The van der Waals surface area contributed by atoms with Gasteiger partial charge in [-0.3, -0.25) is 0 Å². The average molecular weight is 260 g/mol. The number of anilines is 1. The normalized spacial score (nSPS) is 18.7. The van der Waals surface area contributed by atoms with Crippen LogP contribution in [0.15, 0.2) is 18.2 Å². The van der Waals surface area contributed by atoms with Crippen molar-refractivity contribution in [2.75, 3.05) is 11.9 Å². The van der Waals surface area contributed by atoms with Gasteiger partial charge in [0.15, 0.2) is 0 Å². The summed E-state index contributed by atoms with van der Waals surface area (Å²) in [6.07, 6.45) is 3.97. The zero-order chi connectivity index (χ0) is 11.6. The average Bonchev–Trinajstić information content (AvgIpc) is 2.68. The van der Waals surface area contributed by atoms with Crippen LogP contribution in [0.1, 0.15) is 25.7 Å². The summed E-state index contributed by atoms with van der Waals surface area (Å²) in [5.74, 6) is 0. The van der Waals surface area contributed by atoms with Crippen LogP contribution in [0.4, 0.5) is 5.69 Å². The summed E-state index contributed by atoms with van der Waals surface area (Å²) in [6, 6.07) is 5.40. The van der Waals surface area contributed by atoms with Gasteiger partial charge in [0.2, 0.25) is 0 Å². The Labute approximate surface area is 106 Å².